The van der Waals surface area contributed by atoms with Gasteiger partial charge in [-0.05, 0) is 57.8 Å². The SMILES string of the molecule is O=C(O)c1ccc(-n2nnnc2Sc2ncc([N+](=O)[O-])s2)cc1. The van der Waals surface area contributed by atoms with Gasteiger partial charge in [0, 0.05) is 0 Å². The summed E-state index contributed by atoms with van der Waals surface area (Å²) in [6.07, 6.45) is 1.17. The van der Waals surface area contributed by atoms with Gasteiger partial charge in [0.15, 0.2) is 4.34 Å². The Hall–Kier alpha value is -2.86. The molecule has 3 rings (SSSR count). The van der Waals surface area contributed by atoms with Gasteiger partial charge in [0.05, 0.1) is 16.2 Å². The van der Waals surface area contributed by atoms with E-state index in [9.17, 15) is 14.9 Å². The number of nitro groups is 1. The minimum Gasteiger partial charge on any atom is -0.478 e. The third-order valence-electron chi connectivity index (χ3n) is 2.63. The van der Waals surface area contributed by atoms with Crippen molar-refractivity contribution in [3.8, 4) is 5.69 Å². The van der Waals surface area contributed by atoms with Crippen LogP contribution in [0.4, 0.5) is 5.00 Å². The molecule has 0 radical (unpaired) electrons. The molecule has 1 aromatic carbocycles. The Kier molecular flexibility index (Phi) is 3.99. The fourth-order valence-electron chi connectivity index (χ4n) is 1.61. The van der Waals surface area contributed by atoms with Crippen LogP contribution in [0.15, 0.2) is 40.0 Å². The van der Waals surface area contributed by atoms with Crippen LogP contribution in [0.5, 0.6) is 0 Å². The third-order valence-corrected chi connectivity index (χ3v) is 4.59. The Bertz CT molecular complexity index is 875. The summed E-state index contributed by atoms with van der Waals surface area (Å²) in [7, 11) is 0. The minimum atomic E-state index is -1.03. The van der Waals surface area contributed by atoms with Crippen molar-refractivity contribution in [3.05, 3.63) is 46.1 Å². The Morgan fingerprint density at radius 3 is 2.70 bits per heavy atom. The van der Waals surface area contributed by atoms with Crippen LogP contribution < -0.4 is 0 Å². The Morgan fingerprint density at radius 2 is 2.09 bits per heavy atom. The second kappa shape index (κ2) is 6.10. The Balaban J connectivity index is 1.86. The van der Waals surface area contributed by atoms with Gasteiger partial charge in [0.2, 0.25) is 5.16 Å². The summed E-state index contributed by atoms with van der Waals surface area (Å²) in [5.74, 6) is -1.03. The van der Waals surface area contributed by atoms with Gasteiger partial charge in [0.1, 0.15) is 6.20 Å². The van der Waals surface area contributed by atoms with Crippen LogP contribution in [0.3, 0.4) is 0 Å². The first-order valence-electron chi connectivity index (χ1n) is 5.95. The molecule has 0 fully saturated rings. The zero-order valence-corrected chi connectivity index (χ0v) is 12.7. The van der Waals surface area contributed by atoms with Crippen LogP contribution in [-0.2, 0) is 0 Å². The molecular weight excluding hydrogens is 344 g/mol. The van der Waals surface area contributed by atoms with E-state index in [1.54, 1.807) is 12.1 Å². The van der Waals surface area contributed by atoms with Gasteiger partial charge < -0.3 is 5.11 Å². The predicted octanol–water partition coefficient (Wildman–Crippen LogP) is 1.88. The highest BCUT2D eigenvalue weighted by molar-refractivity contribution is 8.00. The fraction of sp³-hybridized carbons (Fsp3) is 0. The van der Waals surface area contributed by atoms with Gasteiger partial charge in [-0.2, -0.15) is 4.68 Å². The lowest BCUT2D eigenvalue weighted by atomic mass is 10.2. The maximum atomic E-state index is 10.9. The molecule has 2 heterocycles. The van der Waals surface area contributed by atoms with Crippen LogP contribution in [0.25, 0.3) is 5.69 Å². The van der Waals surface area contributed by atoms with E-state index in [4.69, 9.17) is 5.11 Å². The molecule has 0 atom stereocenters. The number of nitrogens with zero attached hydrogens (tertiary/aromatic N) is 6. The van der Waals surface area contributed by atoms with Crippen molar-refractivity contribution < 1.29 is 14.8 Å². The fourth-order valence-corrected chi connectivity index (χ4v) is 3.29. The lowest BCUT2D eigenvalue weighted by Crippen LogP contribution is -2.01. The smallest absolute Gasteiger partial charge is 0.344 e. The van der Waals surface area contributed by atoms with E-state index in [1.165, 1.54) is 23.0 Å². The molecule has 2 aromatic heterocycles. The number of carboxylic acids is 1. The molecule has 0 unspecified atom stereocenters. The molecule has 0 saturated heterocycles. The number of carbonyl (C=O) groups is 1. The number of benzene rings is 1. The van der Waals surface area contributed by atoms with Crippen molar-refractivity contribution in [2.24, 2.45) is 0 Å². The minimum absolute atomic E-state index is 0.0719. The monoisotopic (exact) mass is 350 g/mol. The molecule has 3 aromatic rings. The molecule has 1 N–H and O–H groups in total. The molecule has 12 heteroatoms. The molecule has 0 aliphatic carbocycles. The largest absolute Gasteiger partial charge is 0.478 e. The van der Waals surface area contributed by atoms with Gasteiger partial charge >= 0.3 is 11.0 Å². The summed E-state index contributed by atoms with van der Waals surface area (Å²) in [5.41, 5.74) is 0.708. The normalized spacial score (nSPS) is 10.6. The number of rotatable bonds is 5. The summed E-state index contributed by atoms with van der Waals surface area (Å²) >= 11 is 1.99. The number of hydrogen-bond donors (Lipinski definition) is 1. The van der Waals surface area contributed by atoms with Crippen LogP contribution in [0.1, 0.15) is 10.4 Å². The van der Waals surface area contributed by atoms with Crippen LogP contribution in [0, 0.1) is 10.1 Å². The lowest BCUT2D eigenvalue weighted by Gasteiger charge is -2.03. The van der Waals surface area contributed by atoms with Crippen LogP contribution >= 0.6 is 23.1 Å². The number of thiazole rings is 1. The van der Waals surface area contributed by atoms with E-state index >= 15 is 0 Å². The maximum Gasteiger partial charge on any atom is 0.344 e. The molecule has 0 aliphatic heterocycles. The number of tetrazole rings is 1. The van der Waals surface area contributed by atoms with E-state index in [-0.39, 0.29) is 10.6 Å². The highest BCUT2D eigenvalue weighted by Crippen LogP contribution is 2.33. The first kappa shape index (κ1) is 15.1. The molecule has 10 nitrogen and oxygen atoms in total. The first-order chi connectivity index (χ1) is 11.0. The first-order valence-corrected chi connectivity index (χ1v) is 7.58. The van der Waals surface area contributed by atoms with Crippen LogP contribution in [-0.4, -0.2) is 41.2 Å². The summed E-state index contributed by atoms with van der Waals surface area (Å²) in [4.78, 5) is 24.9. The van der Waals surface area contributed by atoms with Gasteiger partial charge in [-0.15, -0.1) is 5.10 Å². The predicted molar refractivity (Wildman–Crippen MR) is 79.0 cm³/mol. The quantitative estimate of drug-likeness (QED) is 0.540. The molecule has 0 bridgehead atoms. The van der Waals surface area contributed by atoms with E-state index in [0.717, 1.165) is 23.1 Å². The average molecular weight is 350 g/mol. The molecule has 23 heavy (non-hydrogen) atoms. The standard InChI is InChI=1S/C11H6N6O4S2/c18-9(19)6-1-3-7(4-2-6)16-10(13-14-15-16)23-11-12-5-8(22-11)17(20)21/h1-5H,(H,18,19). The van der Waals surface area contributed by atoms with Gasteiger partial charge in [-0.1, -0.05) is 0 Å². The summed E-state index contributed by atoms with van der Waals surface area (Å²) in [6, 6.07) is 5.99. The van der Waals surface area contributed by atoms with E-state index < -0.39 is 10.9 Å². The molecule has 116 valence electrons. The maximum absolute atomic E-state index is 10.9. The van der Waals surface area contributed by atoms with E-state index in [1.807, 2.05) is 0 Å². The molecular formula is C11H6N6O4S2. The van der Waals surface area contributed by atoms with Crippen molar-refractivity contribution in [2.45, 2.75) is 9.50 Å². The van der Waals surface area contributed by atoms with Gasteiger partial charge in [0.25, 0.3) is 0 Å². The highest BCUT2D eigenvalue weighted by Gasteiger charge is 2.16. The second-order valence-corrected chi connectivity index (χ2v) is 6.27. The second-order valence-electron chi connectivity index (χ2n) is 4.05. The number of aromatic nitrogens is 5. The van der Waals surface area contributed by atoms with Gasteiger partial charge in [-0.3, -0.25) is 10.1 Å². The zero-order valence-electron chi connectivity index (χ0n) is 11.1. The van der Waals surface area contributed by atoms with Gasteiger partial charge in [-0.25, -0.2) is 9.78 Å². The average Bonchev–Trinajstić information content (AvgIpc) is 3.17. The summed E-state index contributed by atoms with van der Waals surface area (Å²) < 4.78 is 1.82. The van der Waals surface area contributed by atoms with E-state index in [2.05, 4.69) is 20.5 Å². The third kappa shape index (κ3) is 3.17. The molecule has 0 spiro atoms. The molecule has 0 amide bonds. The Morgan fingerprint density at radius 1 is 1.35 bits per heavy atom. The van der Waals surface area contributed by atoms with Crippen LogP contribution in [0.2, 0.25) is 0 Å². The van der Waals surface area contributed by atoms with Crippen molar-refractivity contribution in [1.29, 1.82) is 0 Å². The lowest BCUT2D eigenvalue weighted by molar-refractivity contribution is -0.380. The van der Waals surface area contributed by atoms with Crippen molar-refractivity contribution in [2.75, 3.05) is 0 Å². The Labute approximate surface area is 135 Å². The summed E-state index contributed by atoms with van der Waals surface area (Å²) in [5, 5.41) is 31.1. The number of hydrogen-bond acceptors (Lipinski definition) is 9. The number of aromatic carboxylic acids is 1. The molecule has 0 aliphatic rings. The topological polar surface area (TPSA) is 137 Å². The van der Waals surface area contributed by atoms with Crippen molar-refractivity contribution >= 4 is 34.1 Å². The number of carboxylic acid groups (broad SMARTS) is 1. The molecule has 0 saturated carbocycles. The van der Waals surface area contributed by atoms with E-state index in [0.29, 0.717) is 15.2 Å². The highest BCUT2D eigenvalue weighted by atomic mass is 32.2. The van der Waals surface area contributed by atoms with Crippen molar-refractivity contribution in [3.63, 3.8) is 0 Å². The van der Waals surface area contributed by atoms with Crippen molar-refractivity contribution in [1.82, 2.24) is 25.2 Å². The zero-order chi connectivity index (χ0) is 16.4. The summed E-state index contributed by atoms with van der Waals surface area (Å²) in [6.45, 7) is 0.